The van der Waals surface area contributed by atoms with Gasteiger partial charge in [-0.1, -0.05) is 12.1 Å². The fourth-order valence-corrected chi connectivity index (χ4v) is 1.66. The maximum Gasteiger partial charge on any atom is 0.146 e. The van der Waals surface area contributed by atoms with Gasteiger partial charge in [-0.2, -0.15) is 0 Å². The highest BCUT2D eigenvalue weighted by Crippen LogP contribution is 2.29. The summed E-state index contributed by atoms with van der Waals surface area (Å²) < 4.78 is 5.70. The number of hydrogen-bond donors (Lipinski definition) is 1. The quantitative estimate of drug-likeness (QED) is 0.633. The van der Waals surface area contributed by atoms with Crippen LogP contribution in [0.5, 0.6) is 5.75 Å². The van der Waals surface area contributed by atoms with Crippen LogP contribution in [0.25, 0.3) is 0 Å². The highest BCUT2D eigenvalue weighted by Gasteiger charge is 2.19. The Labute approximate surface area is 84.5 Å². The number of ether oxygens (including phenoxy) is 1. The standard InChI is InChI=1S/C11H16N2O/c1-8-7-14-11-9(6-13(8)2)4-3-5-10(11)12/h3-5,8H,6-7,12H2,1-2H3. The molecule has 1 aliphatic rings. The number of anilines is 1. The van der Waals surface area contributed by atoms with Gasteiger partial charge in [-0.15, -0.1) is 0 Å². The summed E-state index contributed by atoms with van der Waals surface area (Å²) in [6, 6.07) is 6.36. The van der Waals surface area contributed by atoms with E-state index < -0.39 is 0 Å². The molecule has 14 heavy (non-hydrogen) atoms. The van der Waals surface area contributed by atoms with E-state index in [0.717, 1.165) is 18.0 Å². The summed E-state index contributed by atoms with van der Waals surface area (Å²) in [5.41, 5.74) is 7.78. The summed E-state index contributed by atoms with van der Waals surface area (Å²) in [7, 11) is 2.10. The Bertz CT molecular complexity index is 338. The fourth-order valence-electron chi connectivity index (χ4n) is 1.66. The maximum absolute atomic E-state index is 5.86. The molecule has 0 saturated heterocycles. The second kappa shape index (κ2) is 3.50. The van der Waals surface area contributed by atoms with Gasteiger partial charge >= 0.3 is 0 Å². The van der Waals surface area contributed by atoms with Gasteiger partial charge in [0, 0.05) is 18.2 Å². The van der Waals surface area contributed by atoms with Crippen molar-refractivity contribution in [3.05, 3.63) is 23.8 Å². The van der Waals surface area contributed by atoms with Crippen LogP contribution >= 0.6 is 0 Å². The van der Waals surface area contributed by atoms with E-state index in [1.54, 1.807) is 0 Å². The average molecular weight is 192 g/mol. The van der Waals surface area contributed by atoms with Crippen molar-refractivity contribution in [1.82, 2.24) is 4.90 Å². The number of fused-ring (bicyclic) bond motifs is 1. The molecule has 0 fully saturated rings. The molecule has 0 aliphatic carbocycles. The summed E-state index contributed by atoms with van der Waals surface area (Å²) in [4.78, 5) is 2.27. The van der Waals surface area contributed by atoms with Crippen LogP contribution in [0.2, 0.25) is 0 Å². The Balaban J connectivity index is 2.37. The first-order valence-electron chi connectivity index (χ1n) is 4.89. The summed E-state index contributed by atoms with van der Waals surface area (Å²) in [5, 5.41) is 0. The molecule has 1 atom stereocenters. The zero-order valence-corrected chi connectivity index (χ0v) is 8.66. The van der Waals surface area contributed by atoms with Crippen LogP contribution in [-0.4, -0.2) is 24.6 Å². The summed E-state index contributed by atoms with van der Waals surface area (Å²) in [6.07, 6.45) is 0. The molecule has 0 amide bonds. The van der Waals surface area contributed by atoms with E-state index in [2.05, 4.69) is 24.9 Å². The SMILES string of the molecule is CC1COc2c(N)cccc2CN1C. The summed E-state index contributed by atoms with van der Waals surface area (Å²) in [5.74, 6) is 0.865. The number of rotatable bonds is 0. The predicted molar refractivity (Wildman–Crippen MR) is 57.3 cm³/mol. The van der Waals surface area contributed by atoms with Crippen molar-refractivity contribution in [2.75, 3.05) is 19.4 Å². The predicted octanol–water partition coefficient (Wildman–Crippen LogP) is 1.48. The lowest BCUT2D eigenvalue weighted by Crippen LogP contribution is -2.31. The number of likely N-dealkylation sites (N-methyl/N-ethyl adjacent to an activating group) is 1. The van der Waals surface area contributed by atoms with Crippen LogP contribution in [0.3, 0.4) is 0 Å². The van der Waals surface area contributed by atoms with Gasteiger partial charge < -0.3 is 10.5 Å². The Kier molecular flexibility index (Phi) is 2.33. The Morgan fingerprint density at radius 1 is 1.50 bits per heavy atom. The first kappa shape index (κ1) is 9.34. The average Bonchev–Trinajstić information content (AvgIpc) is 2.29. The Morgan fingerprint density at radius 2 is 2.29 bits per heavy atom. The van der Waals surface area contributed by atoms with Gasteiger partial charge in [-0.05, 0) is 20.0 Å². The third kappa shape index (κ3) is 1.55. The minimum absolute atomic E-state index is 0.432. The number of para-hydroxylation sites is 1. The van der Waals surface area contributed by atoms with E-state index in [-0.39, 0.29) is 0 Å². The molecule has 3 nitrogen and oxygen atoms in total. The van der Waals surface area contributed by atoms with Crippen LogP contribution in [0, 0.1) is 0 Å². The zero-order chi connectivity index (χ0) is 10.1. The van der Waals surface area contributed by atoms with Crippen LogP contribution in [0.4, 0.5) is 5.69 Å². The van der Waals surface area contributed by atoms with Crippen LogP contribution < -0.4 is 10.5 Å². The molecule has 0 spiro atoms. The second-order valence-electron chi connectivity index (χ2n) is 3.91. The van der Waals surface area contributed by atoms with Gasteiger partial charge in [0.2, 0.25) is 0 Å². The molecule has 0 radical (unpaired) electrons. The molecule has 76 valence electrons. The lowest BCUT2D eigenvalue weighted by molar-refractivity contribution is 0.189. The molecule has 1 heterocycles. The van der Waals surface area contributed by atoms with E-state index in [0.29, 0.717) is 12.6 Å². The van der Waals surface area contributed by atoms with Crippen molar-refractivity contribution in [2.24, 2.45) is 0 Å². The minimum atomic E-state index is 0.432. The Hall–Kier alpha value is -1.22. The highest BCUT2D eigenvalue weighted by atomic mass is 16.5. The van der Waals surface area contributed by atoms with E-state index in [1.807, 2.05) is 12.1 Å². The van der Waals surface area contributed by atoms with Crippen LogP contribution in [0.1, 0.15) is 12.5 Å². The maximum atomic E-state index is 5.86. The van der Waals surface area contributed by atoms with Crippen molar-refractivity contribution in [1.29, 1.82) is 0 Å². The van der Waals surface area contributed by atoms with Crippen molar-refractivity contribution in [3.63, 3.8) is 0 Å². The highest BCUT2D eigenvalue weighted by molar-refractivity contribution is 5.57. The molecule has 2 rings (SSSR count). The van der Waals surface area contributed by atoms with Gasteiger partial charge in [0.1, 0.15) is 12.4 Å². The molecule has 1 aromatic rings. The molecular formula is C11H16N2O. The molecule has 1 aromatic carbocycles. The molecule has 2 N–H and O–H groups in total. The van der Waals surface area contributed by atoms with Gasteiger partial charge in [0.15, 0.2) is 0 Å². The largest absolute Gasteiger partial charge is 0.489 e. The first-order valence-corrected chi connectivity index (χ1v) is 4.89. The van der Waals surface area contributed by atoms with E-state index >= 15 is 0 Å². The number of nitrogens with two attached hydrogens (primary N) is 1. The van der Waals surface area contributed by atoms with Gasteiger partial charge in [-0.25, -0.2) is 0 Å². The zero-order valence-electron chi connectivity index (χ0n) is 8.66. The number of nitrogens with zero attached hydrogens (tertiary/aromatic N) is 1. The normalized spacial score (nSPS) is 22.3. The third-order valence-corrected chi connectivity index (χ3v) is 2.77. The smallest absolute Gasteiger partial charge is 0.146 e. The lowest BCUT2D eigenvalue weighted by Gasteiger charge is -2.19. The second-order valence-corrected chi connectivity index (χ2v) is 3.91. The molecule has 0 aromatic heterocycles. The van der Waals surface area contributed by atoms with Gasteiger partial charge in [0.25, 0.3) is 0 Å². The van der Waals surface area contributed by atoms with E-state index in [9.17, 15) is 0 Å². The Morgan fingerprint density at radius 3 is 3.07 bits per heavy atom. The first-order chi connectivity index (χ1) is 6.68. The monoisotopic (exact) mass is 192 g/mol. The molecule has 1 unspecified atom stereocenters. The number of nitrogen functional groups attached to an aromatic ring is 1. The lowest BCUT2D eigenvalue weighted by atomic mass is 10.1. The molecule has 1 aliphatic heterocycles. The van der Waals surface area contributed by atoms with Crippen molar-refractivity contribution >= 4 is 5.69 Å². The van der Waals surface area contributed by atoms with E-state index in [4.69, 9.17) is 10.5 Å². The van der Waals surface area contributed by atoms with Crippen molar-refractivity contribution in [2.45, 2.75) is 19.5 Å². The third-order valence-electron chi connectivity index (χ3n) is 2.77. The summed E-state index contributed by atoms with van der Waals surface area (Å²) in [6.45, 7) is 3.77. The number of hydrogen-bond acceptors (Lipinski definition) is 3. The topological polar surface area (TPSA) is 38.5 Å². The van der Waals surface area contributed by atoms with Gasteiger partial charge in [0.05, 0.1) is 5.69 Å². The molecule has 0 saturated carbocycles. The molecule has 0 bridgehead atoms. The fraction of sp³-hybridized carbons (Fsp3) is 0.455. The van der Waals surface area contributed by atoms with Crippen LogP contribution in [-0.2, 0) is 6.54 Å². The number of benzene rings is 1. The van der Waals surface area contributed by atoms with Gasteiger partial charge in [-0.3, -0.25) is 4.90 Å². The van der Waals surface area contributed by atoms with Crippen LogP contribution in [0.15, 0.2) is 18.2 Å². The van der Waals surface area contributed by atoms with E-state index in [1.165, 1.54) is 5.56 Å². The van der Waals surface area contributed by atoms with Crippen molar-refractivity contribution in [3.8, 4) is 5.75 Å². The molecule has 3 heteroatoms. The molecular weight excluding hydrogens is 176 g/mol. The van der Waals surface area contributed by atoms with Crippen molar-refractivity contribution < 1.29 is 4.74 Å². The summed E-state index contributed by atoms with van der Waals surface area (Å²) >= 11 is 0. The minimum Gasteiger partial charge on any atom is -0.489 e.